The highest BCUT2D eigenvalue weighted by atomic mass is 16.4. The molecule has 1 heterocycles. The lowest BCUT2D eigenvalue weighted by Crippen LogP contribution is -2.37. The molecule has 2 atom stereocenters. The predicted octanol–water partition coefficient (Wildman–Crippen LogP) is -0.953. The topological polar surface area (TPSA) is 104 Å². The van der Waals surface area contributed by atoms with E-state index in [4.69, 9.17) is 10.8 Å². The van der Waals surface area contributed by atoms with Crippen molar-refractivity contribution < 1.29 is 14.7 Å². The fourth-order valence-corrected chi connectivity index (χ4v) is 1.72. The minimum absolute atomic E-state index is 0.0445. The van der Waals surface area contributed by atoms with Crippen molar-refractivity contribution in [2.24, 2.45) is 5.73 Å². The zero-order chi connectivity index (χ0) is 12.0. The zero-order valence-corrected chi connectivity index (χ0v) is 9.24. The van der Waals surface area contributed by atoms with Crippen LogP contribution in [-0.4, -0.2) is 42.2 Å². The molecule has 1 aliphatic heterocycles. The maximum Gasteiger partial charge on any atom is 0.320 e. The van der Waals surface area contributed by atoms with Crippen molar-refractivity contribution in [2.45, 2.75) is 37.8 Å². The number of hydrogen-bond acceptors (Lipinski definition) is 4. The molecule has 1 rings (SSSR count). The van der Waals surface area contributed by atoms with Crippen LogP contribution in [0.2, 0.25) is 0 Å². The van der Waals surface area contributed by atoms with Gasteiger partial charge in [-0.05, 0) is 25.8 Å². The molecule has 0 radical (unpaired) electrons. The molecule has 0 saturated carbocycles. The number of carbonyl (C=O) groups is 2. The van der Waals surface area contributed by atoms with Crippen LogP contribution in [0.15, 0.2) is 0 Å². The molecule has 6 heteroatoms. The smallest absolute Gasteiger partial charge is 0.320 e. The molecule has 1 aliphatic rings. The van der Waals surface area contributed by atoms with Crippen LogP contribution >= 0.6 is 0 Å². The summed E-state index contributed by atoms with van der Waals surface area (Å²) in [5.74, 6) is -1.08. The Balaban J connectivity index is 2.08. The van der Waals surface area contributed by atoms with Gasteiger partial charge in [-0.15, -0.1) is 0 Å². The average Bonchev–Trinajstić information content (AvgIpc) is 2.70. The van der Waals surface area contributed by atoms with Gasteiger partial charge in [0, 0.05) is 19.0 Å². The van der Waals surface area contributed by atoms with Crippen molar-refractivity contribution in [3.05, 3.63) is 0 Å². The summed E-state index contributed by atoms with van der Waals surface area (Å²) in [6, 6.07) is -0.627. The summed E-state index contributed by atoms with van der Waals surface area (Å²) in [4.78, 5) is 21.8. The van der Waals surface area contributed by atoms with E-state index in [-0.39, 0.29) is 18.4 Å². The van der Waals surface area contributed by atoms with Gasteiger partial charge >= 0.3 is 5.97 Å². The molecule has 0 aromatic carbocycles. The molecule has 1 unspecified atom stereocenters. The van der Waals surface area contributed by atoms with Gasteiger partial charge in [-0.2, -0.15) is 0 Å². The van der Waals surface area contributed by atoms with Crippen LogP contribution in [0.4, 0.5) is 0 Å². The Morgan fingerprint density at radius 1 is 1.56 bits per heavy atom. The van der Waals surface area contributed by atoms with Gasteiger partial charge in [-0.1, -0.05) is 0 Å². The predicted molar refractivity (Wildman–Crippen MR) is 58.9 cm³/mol. The number of aliphatic carboxylic acids is 1. The largest absolute Gasteiger partial charge is 0.480 e. The molecule has 0 aliphatic carbocycles. The first-order valence-corrected chi connectivity index (χ1v) is 5.58. The molecule has 6 nitrogen and oxygen atoms in total. The third-order valence-electron chi connectivity index (χ3n) is 2.69. The van der Waals surface area contributed by atoms with Gasteiger partial charge in [0.15, 0.2) is 0 Å². The second-order valence-corrected chi connectivity index (χ2v) is 4.08. The van der Waals surface area contributed by atoms with Crippen molar-refractivity contribution >= 4 is 11.9 Å². The van der Waals surface area contributed by atoms with Gasteiger partial charge in [0.1, 0.15) is 6.04 Å². The van der Waals surface area contributed by atoms with E-state index in [0.717, 1.165) is 19.4 Å². The van der Waals surface area contributed by atoms with Crippen molar-refractivity contribution in [1.82, 2.24) is 10.6 Å². The van der Waals surface area contributed by atoms with Crippen LogP contribution in [0.1, 0.15) is 25.7 Å². The van der Waals surface area contributed by atoms with E-state index in [2.05, 4.69) is 10.6 Å². The van der Waals surface area contributed by atoms with Crippen LogP contribution in [-0.2, 0) is 9.59 Å². The lowest BCUT2D eigenvalue weighted by molar-refractivity contribution is -0.138. The van der Waals surface area contributed by atoms with E-state index in [1.54, 1.807) is 0 Å². The zero-order valence-electron chi connectivity index (χ0n) is 9.24. The number of nitrogens with one attached hydrogen (secondary N) is 2. The minimum atomic E-state index is -1.04. The lowest BCUT2D eigenvalue weighted by atomic mass is 10.1. The number of nitrogens with two attached hydrogens (primary N) is 1. The molecule has 16 heavy (non-hydrogen) atoms. The van der Waals surface area contributed by atoms with Crippen molar-refractivity contribution in [3.63, 3.8) is 0 Å². The summed E-state index contributed by atoms with van der Waals surface area (Å²) in [5, 5.41) is 14.4. The minimum Gasteiger partial charge on any atom is -0.480 e. The molecule has 0 spiro atoms. The summed E-state index contributed by atoms with van der Waals surface area (Å²) in [7, 11) is 0. The SMILES string of the molecule is N[C@@H](CCNC(=O)CC1CCCN1)C(=O)O. The van der Waals surface area contributed by atoms with Gasteiger partial charge in [-0.25, -0.2) is 0 Å². The summed E-state index contributed by atoms with van der Waals surface area (Å²) >= 11 is 0. The fraction of sp³-hybridized carbons (Fsp3) is 0.800. The summed E-state index contributed by atoms with van der Waals surface area (Å²) < 4.78 is 0. The van der Waals surface area contributed by atoms with Gasteiger partial charge < -0.3 is 21.5 Å². The highest BCUT2D eigenvalue weighted by Gasteiger charge is 2.17. The average molecular weight is 229 g/mol. The lowest BCUT2D eigenvalue weighted by Gasteiger charge is -2.11. The molecule has 1 saturated heterocycles. The first-order valence-electron chi connectivity index (χ1n) is 5.58. The molecule has 1 fully saturated rings. The maximum absolute atomic E-state index is 11.4. The highest BCUT2D eigenvalue weighted by molar-refractivity contribution is 5.77. The van der Waals surface area contributed by atoms with Crippen LogP contribution < -0.4 is 16.4 Å². The number of hydrogen-bond donors (Lipinski definition) is 4. The Kier molecular flexibility index (Phi) is 5.21. The molecule has 1 amide bonds. The van der Waals surface area contributed by atoms with Crippen LogP contribution in [0.3, 0.4) is 0 Å². The second-order valence-electron chi connectivity index (χ2n) is 4.08. The Morgan fingerprint density at radius 2 is 2.31 bits per heavy atom. The normalized spacial score (nSPS) is 21.7. The Morgan fingerprint density at radius 3 is 2.88 bits per heavy atom. The van der Waals surface area contributed by atoms with E-state index in [9.17, 15) is 9.59 Å². The monoisotopic (exact) mass is 229 g/mol. The van der Waals surface area contributed by atoms with Crippen molar-refractivity contribution in [1.29, 1.82) is 0 Å². The Labute approximate surface area is 94.6 Å². The van der Waals surface area contributed by atoms with Gasteiger partial charge in [-0.3, -0.25) is 9.59 Å². The number of carboxylic acid groups (broad SMARTS) is 1. The fourth-order valence-electron chi connectivity index (χ4n) is 1.72. The standard InChI is InChI=1S/C10H19N3O3/c11-8(10(15)16)3-5-13-9(14)6-7-2-1-4-12-7/h7-8,12H,1-6,11H2,(H,13,14)(H,15,16)/t7?,8-/m0/s1. The first kappa shape index (κ1) is 12.9. The molecular formula is C10H19N3O3. The Bertz CT molecular complexity index is 252. The van der Waals surface area contributed by atoms with E-state index in [0.29, 0.717) is 13.0 Å². The summed E-state index contributed by atoms with van der Waals surface area (Å²) in [5.41, 5.74) is 5.30. The summed E-state index contributed by atoms with van der Waals surface area (Å²) in [6.07, 6.45) is 2.87. The van der Waals surface area contributed by atoms with Crippen LogP contribution in [0, 0.1) is 0 Å². The van der Waals surface area contributed by atoms with E-state index in [1.165, 1.54) is 0 Å². The number of amides is 1. The molecule has 0 aromatic heterocycles. The molecular weight excluding hydrogens is 210 g/mol. The van der Waals surface area contributed by atoms with Gasteiger partial charge in [0.25, 0.3) is 0 Å². The second kappa shape index (κ2) is 6.44. The number of rotatable bonds is 6. The quantitative estimate of drug-likeness (QED) is 0.470. The van der Waals surface area contributed by atoms with E-state index >= 15 is 0 Å². The van der Waals surface area contributed by atoms with Crippen LogP contribution in [0.25, 0.3) is 0 Å². The van der Waals surface area contributed by atoms with Gasteiger partial charge in [0.05, 0.1) is 0 Å². The summed E-state index contributed by atoms with van der Waals surface area (Å²) in [6.45, 7) is 1.29. The molecule has 0 aromatic rings. The number of carboxylic acids is 1. The number of carbonyl (C=O) groups excluding carboxylic acids is 1. The Hall–Kier alpha value is -1.14. The van der Waals surface area contributed by atoms with E-state index < -0.39 is 12.0 Å². The molecule has 0 bridgehead atoms. The molecule has 92 valence electrons. The molecule has 5 N–H and O–H groups in total. The van der Waals surface area contributed by atoms with Crippen molar-refractivity contribution in [3.8, 4) is 0 Å². The van der Waals surface area contributed by atoms with Gasteiger partial charge in [0.2, 0.25) is 5.91 Å². The van der Waals surface area contributed by atoms with Crippen LogP contribution in [0.5, 0.6) is 0 Å². The first-order chi connectivity index (χ1) is 7.59. The van der Waals surface area contributed by atoms with Crippen molar-refractivity contribution in [2.75, 3.05) is 13.1 Å². The maximum atomic E-state index is 11.4. The highest BCUT2D eigenvalue weighted by Crippen LogP contribution is 2.07. The third kappa shape index (κ3) is 4.59. The third-order valence-corrected chi connectivity index (χ3v) is 2.69. The van der Waals surface area contributed by atoms with E-state index in [1.807, 2.05) is 0 Å².